The number of ether oxygens (including phenoxy) is 2. The lowest BCUT2D eigenvalue weighted by molar-refractivity contribution is 0.335. The number of aryl methyl sites for hydroxylation is 1. The number of hydrogen-bond acceptors (Lipinski definition) is 5. The highest BCUT2D eigenvalue weighted by Crippen LogP contribution is 2.34. The first-order valence-corrected chi connectivity index (χ1v) is 13.4. The van der Waals surface area contributed by atoms with Crippen LogP contribution in [0.25, 0.3) is 33.1 Å². The highest BCUT2D eigenvalue weighted by atomic mass is 16.5. The summed E-state index contributed by atoms with van der Waals surface area (Å²) in [4.78, 5) is 18.8. The van der Waals surface area contributed by atoms with Gasteiger partial charge in [-0.2, -0.15) is 9.78 Å². The minimum Gasteiger partial charge on any atom is -0.494 e. The second-order valence-electron chi connectivity index (χ2n) is 9.74. The van der Waals surface area contributed by atoms with Crippen LogP contribution in [0.15, 0.2) is 82.7 Å². The monoisotopic (exact) mass is 519 g/mol. The number of benzene rings is 4. The number of rotatable bonds is 8. The van der Waals surface area contributed by atoms with Crippen LogP contribution in [0.1, 0.15) is 50.3 Å². The minimum atomic E-state index is -0.232. The van der Waals surface area contributed by atoms with Gasteiger partial charge in [0.1, 0.15) is 11.5 Å². The summed E-state index contributed by atoms with van der Waals surface area (Å²) in [6, 6.07) is 23.5. The van der Waals surface area contributed by atoms with E-state index < -0.39 is 0 Å². The maximum Gasteiger partial charge on any atom is 0.282 e. The van der Waals surface area contributed by atoms with Crippen molar-refractivity contribution >= 4 is 27.9 Å². The summed E-state index contributed by atoms with van der Waals surface area (Å²) in [6.45, 7) is 11.3. The lowest BCUT2D eigenvalue weighted by atomic mass is 9.96. The van der Waals surface area contributed by atoms with Crippen LogP contribution in [0.4, 0.5) is 0 Å². The van der Waals surface area contributed by atoms with Gasteiger partial charge in [-0.25, -0.2) is 4.98 Å². The molecule has 5 rings (SSSR count). The molecule has 0 radical (unpaired) electrons. The van der Waals surface area contributed by atoms with E-state index in [-0.39, 0.29) is 11.5 Å². The Morgan fingerprint density at radius 2 is 1.59 bits per heavy atom. The van der Waals surface area contributed by atoms with Gasteiger partial charge in [0.25, 0.3) is 5.56 Å². The summed E-state index contributed by atoms with van der Waals surface area (Å²) in [5.74, 6) is 2.27. The molecule has 0 aliphatic heterocycles. The van der Waals surface area contributed by atoms with E-state index in [1.54, 1.807) is 12.3 Å². The molecule has 1 heterocycles. The van der Waals surface area contributed by atoms with Crippen molar-refractivity contribution in [1.82, 2.24) is 9.66 Å². The summed E-state index contributed by atoms with van der Waals surface area (Å²) in [7, 11) is 0. The molecule has 39 heavy (non-hydrogen) atoms. The Hall–Kier alpha value is -4.45. The van der Waals surface area contributed by atoms with Crippen LogP contribution in [0.5, 0.6) is 11.5 Å². The third-order valence-corrected chi connectivity index (χ3v) is 6.81. The molecule has 0 spiro atoms. The van der Waals surface area contributed by atoms with E-state index in [4.69, 9.17) is 19.6 Å². The largest absolute Gasteiger partial charge is 0.494 e. The number of aromatic nitrogens is 2. The van der Waals surface area contributed by atoms with Crippen molar-refractivity contribution in [1.29, 1.82) is 0 Å². The fourth-order valence-electron chi connectivity index (χ4n) is 4.88. The van der Waals surface area contributed by atoms with E-state index >= 15 is 0 Å². The van der Waals surface area contributed by atoms with Crippen molar-refractivity contribution in [3.63, 3.8) is 0 Å². The van der Waals surface area contributed by atoms with Gasteiger partial charge in [-0.05, 0) is 78.9 Å². The molecular weight excluding hydrogens is 486 g/mol. The molecule has 0 fully saturated rings. The molecule has 1 aromatic heterocycles. The third-order valence-electron chi connectivity index (χ3n) is 6.81. The number of nitrogens with zero attached hydrogens (tertiary/aromatic N) is 3. The van der Waals surface area contributed by atoms with Gasteiger partial charge in [0.05, 0.1) is 30.3 Å². The van der Waals surface area contributed by atoms with Gasteiger partial charge in [0, 0.05) is 11.1 Å². The standard InChI is InChI=1S/C33H33N3O3/c1-6-38-30-17-16-23-12-8-9-13-24(23)28(30)20-34-36-32(35-29-15-11-10-14-25(29)33(36)37)27-19-26(21(3)4)31(39-7-2)18-22(27)5/h8-21H,6-7H2,1-5H3. The molecule has 6 heteroatoms. The highest BCUT2D eigenvalue weighted by molar-refractivity contribution is 6.02. The van der Waals surface area contributed by atoms with Crippen LogP contribution in [0.2, 0.25) is 0 Å². The Morgan fingerprint density at radius 1 is 0.897 bits per heavy atom. The van der Waals surface area contributed by atoms with Gasteiger partial charge in [-0.1, -0.05) is 56.3 Å². The summed E-state index contributed by atoms with van der Waals surface area (Å²) in [6.07, 6.45) is 1.71. The molecule has 4 aromatic carbocycles. The van der Waals surface area contributed by atoms with Gasteiger partial charge in [0.2, 0.25) is 0 Å². The fraction of sp³-hybridized carbons (Fsp3) is 0.242. The van der Waals surface area contributed by atoms with Crippen LogP contribution in [-0.4, -0.2) is 29.1 Å². The van der Waals surface area contributed by atoms with Gasteiger partial charge in [-0.15, -0.1) is 0 Å². The van der Waals surface area contributed by atoms with Crippen molar-refractivity contribution < 1.29 is 9.47 Å². The van der Waals surface area contributed by atoms with Gasteiger partial charge in [0.15, 0.2) is 5.82 Å². The molecule has 0 bridgehead atoms. The molecule has 0 aliphatic rings. The molecule has 0 amide bonds. The molecule has 0 atom stereocenters. The number of fused-ring (bicyclic) bond motifs is 2. The first-order chi connectivity index (χ1) is 18.9. The summed E-state index contributed by atoms with van der Waals surface area (Å²) in [5.41, 5.74) is 4.06. The Labute approximate surface area is 228 Å². The van der Waals surface area contributed by atoms with Gasteiger partial charge >= 0.3 is 0 Å². The van der Waals surface area contributed by atoms with E-state index in [2.05, 4.69) is 19.9 Å². The highest BCUT2D eigenvalue weighted by Gasteiger charge is 2.19. The number of hydrogen-bond donors (Lipinski definition) is 0. The quantitative estimate of drug-likeness (QED) is 0.201. The zero-order valence-corrected chi connectivity index (χ0v) is 23.1. The summed E-state index contributed by atoms with van der Waals surface area (Å²) < 4.78 is 13.3. The third kappa shape index (κ3) is 5.02. The van der Waals surface area contributed by atoms with Gasteiger partial charge in [-0.3, -0.25) is 4.79 Å². The van der Waals surface area contributed by atoms with Crippen LogP contribution >= 0.6 is 0 Å². The van der Waals surface area contributed by atoms with E-state index in [1.165, 1.54) is 4.68 Å². The molecule has 0 unspecified atom stereocenters. The van der Waals surface area contributed by atoms with Crippen molar-refractivity contribution in [2.75, 3.05) is 13.2 Å². The molecule has 5 aromatic rings. The molecule has 198 valence electrons. The second-order valence-corrected chi connectivity index (χ2v) is 9.74. The predicted molar refractivity (Wildman–Crippen MR) is 160 cm³/mol. The van der Waals surface area contributed by atoms with Gasteiger partial charge < -0.3 is 9.47 Å². The van der Waals surface area contributed by atoms with Crippen molar-refractivity contribution in [2.45, 2.75) is 40.5 Å². The first-order valence-electron chi connectivity index (χ1n) is 13.4. The molecule has 0 N–H and O–H groups in total. The Kier molecular flexibility index (Phi) is 7.46. The van der Waals surface area contributed by atoms with E-state index in [0.29, 0.717) is 35.7 Å². The summed E-state index contributed by atoms with van der Waals surface area (Å²) >= 11 is 0. The lowest BCUT2D eigenvalue weighted by Crippen LogP contribution is -2.21. The molecule has 0 saturated carbocycles. The molecule has 0 aliphatic carbocycles. The Bertz CT molecular complexity index is 1750. The van der Waals surface area contributed by atoms with Crippen LogP contribution in [-0.2, 0) is 0 Å². The van der Waals surface area contributed by atoms with Crippen molar-refractivity contribution in [3.05, 3.63) is 99.8 Å². The SMILES string of the molecule is CCOc1cc(C)c(-c2nc3ccccc3c(=O)n2N=Cc2c(OCC)ccc3ccccc23)cc1C(C)C. The topological polar surface area (TPSA) is 65.7 Å². The van der Waals surface area contributed by atoms with E-state index in [0.717, 1.165) is 38.8 Å². The normalized spacial score (nSPS) is 11.6. The van der Waals surface area contributed by atoms with Crippen LogP contribution < -0.4 is 15.0 Å². The number of para-hydroxylation sites is 1. The smallest absolute Gasteiger partial charge is 0.282 e. The van der Waals surface area contributed by atoms with Crippen molar-refractivity contribution in [3.8, 4) is 22.9 Å². The average Bonchev–Trinajstić information content (AvgIpc) is 2.93. The first kappa shape index (κ1) is 26.2. The lowest BCUT2D eigenvalue weighted by Gasteiger charge is -2.18. The molecule has 6 nitrogen and oxygen atoms in total. The zero-order valence-electron chi connectivity index (χ0n) is 23.1. The Morgan fingerprint density at radius 3 is 2.33 bits per heavy atom. The van der Waals surface area contributed by atoms with Crippen molar-refractivity contribution in [2.24, 2.45) is 5.10 Å². The maximum atomic E-state index is 13.9. The molecular formula is C33H33N3O3. The van der Waals surface area contributed by atoms with Crippen LogP contribution in [0.3, 0.4) is 0 Å². The van der Waals surface area contributed by atoms with Crippen LogP contribution in [0, 0.1) is 6.92 Å². The predicted octanol–water partition coefficient (Wildman–Crippen LogP) is 7.33. The zero-order chi connectivity index (χ0) is 27.5. The maximum absolute atomic E-state index is 13.9. The second kappa shape index (κ2) is 11.1. The minimum absolute atomic E-state index is 0.222. The summed E-state index contributed by atoms with van der Waals surface area (Å²) in [5, 5.41) is 7.34. The van der Waals surface area contributed by atoms with E-state index in [9.17, 15) is 4.79 Å². The molecule has 0 saturated heterocycles. The Balaban J connectivity index is 1.78. The average molecular weight is 520 g/mol. The fourth-order valence-corrected chi connectivity index (χ4v) is 4.88. The van der Waals surface area contributed by atoms with E-state index in [1.807, 2.05) is 81.4 Å².